The summed E-state index contributed by atoms with van der Waals surface area (Å²) in [6, 6.07) is 6.42. The van der Waals surface area contributed by atoms with Gasteiger partial charge in [0.2, 0.25) is 0 Å². The van der Waals surface area contributed by atoms with Crippen LogP contribution in [0.25, 0.3) is 10.2 Å². The van der Waals surface area contributed by atoms with E-state index in [1.165, 1.54) is 10.3 Å². The first kappa shape index (κ1) is 9.34. The second-order valence-corrected chi connectivity index (χ2v) is 4.16. The molecule has 0 spiro atoms. The minimum Gasteiger partial charge on any atom is -0.293 e. The van der Waals surface area contributed by atoms with Gasteiger partial charge in [-0.05, 0) is 24.1 Å². The second kappa shape index (κ2) is 3.88. The first-order chi connectivity index (χ1) is 6.83. The van der Waals surface area contributed by atoms with Crippen LogP contribution < -0.4 is 0 Å². The van der Waals surface area contributed by atoms with Gasteiger partial charge in [0.15, 0.2) is 0 Å². The standard InChI is InChI=1S/C11H12N2S/c1-3-8-4-5-9-10(6-8)14-11(13-9)7-12-2/h4-7H,3H2,1-2H3/b12-7+. The van der Waals surface area contributed by atoms with E-state index in [2.05, 4.69) is 35.1 Å². The van der Waals surface area contributed by atoms with Crippen molar-refractivity contribution in [2.75, 3.05) is 7.05 Å². The molecule has 1 aromatic heterocycles. The van der Waals surface area contributed by atoms with Gasteiger partial charge in [0.05, 0.1) is 16.4 Å². The van der Waals surface area contributed by atoms with Crippen LogP contribution in [-0.4, -0.2) is 18.2 Å². The quantitative estimate of drug-likeness (QED) is 0.690. The molecule has 0 saturated carbocycles. The number of hydrogen-bond acceptors (Lipinski definition) is 3. The van der Waals surface area contributed by atoms with Crippen molar-refractivity contribution in [1.82, 2.24) is 4.98 Å². The molecule has 2 nitrogen and oxygen atoms in total. The SMILES string of the molecule is CCc1ccc2nc(/C=N/C)sc2c1. The topological polar surface area (TPSA) is 25.2 Å². The average Bonchev–Trinajstić information content (AvgIpc) is 2.59. The molecular weight excluding hydrogens is 192 g/mol. The van der Waals surface area contributed by atoms with Gasteiger partial charge in [0.1, 0.15) is 5.01 Å². The molecule has 0 aliphatic heterocycles. The predicted molar refractivity (Wildman–Crippen MR) is 62.5 cm³/mol. The number of hydrogen-bond donors (Lipinski definition) is 0. The lowest BCUT2D eigenvalue weighted by Gasteiger charge is -1.93. The maximum atomic E-state index is 4.45. The second-order valence-electron chi connectivity index (χ2n) is 3.10. The van der Waals surface area contributed by atoms with Crippen LogP contribution in [-0.2, 0) is 6.42 Å². The molecule has 1 aromatic carbocycles. The van der Waals surface area contributed by atoms with Crippen molar-refractivity contribution in [1.29, 1.82) is 0 Å². The van der Waals surface area contributed by atoms with Gasteiger partial charge in [-0.2, -0.15) is 0 Å². The highest BCUT2D eigenvalue weighted by molar-refractivity contribution is 7.20. The van der Waals surface area contributed by atoms with Crippen molar-refractivity contribution in [2.45, 2.75) is 13.3 Å². The number of thiazole rings is 1. The largest absolute Gasteiger partial charge is 0.293 e. The van der Waals surface area contributed by atoms with E-state index in [0.717, 1.165) is 16.9 Å². The van der Waals surface area contributed by atoms with Gasteiger partial charge in [0, 0.05) is 7.05 Å². The fraction of sp³-hybridized carbons (Fsp3) is 0.273. The Labute approximate surface area is 87.3 Å². The summed E-state index contributed by atoms with van der Waals surface area (Å²) in [4.78, 5) is 8.41. The minimum atomic E-state index is 0.982. The van der Waals surface area contributed by atoms with E-state index in [1.807, 2.05) is 0 Å². The molecule has 0 saturated heterocycles. The summed E-state index contributed by atoms with van der Waals surface area (Å²) in [6.07, 6.45) is 2.88. The fourth-order valence-corrected chi connectivity index (χ4v) is 2.33. The van der Waals surface area contributed by atoms with Gasteiger partial charge in [-0.15, -0.1) is 11.3 Å². The van der Waals surface area contributed by atoms with E-state index in [1.54, 1.807) is 24.6 Å². The zero-order valence-corrected chi connectivity index (χ0v) is 9.14. The van der Waals surface area contributed by atoms with Crippen LogP contribution in [0.3, 0.4) is 0 Å². The molecule has 0 bridgehead atoms. The highest BCUT2D eigenvalue weighted by atomic mass is 32.1. The van der Waals surface area contributed by atoms with Crippen LogP contribution in [0, 0.1) is 0 Å². The van der Waals surface area contributed by atoms with Gasteiger partial charge in [0.25, 0.3) is 0 Å². The van der Waals surface area contributed by atoms with E-state index < -0.39 is 0 Å². The Morgan fingerprint density at radius 2 is 2.36 bits per heavy atom. The maximum absolute atomic E-state index is 4.45. The Balaban J connectivity index is 2.54. The van der Waals surface area contributed by atoms with Gasteiger partial charge in [-0.25, -0.2) is 4.98 Å². The smallest absolute Gasteiger partial charge is 0.135 e. The zero-order chi connectivity index (χ0) is 9.97. The first-order valence-electron chi connectivity index (χ1n) is 4.65. The van der Waals surface area contributed by atoms with Crippen LogP contribution in [0.5, 0.6) is 0 Å². The van der Waals surface area contributed by atoms with Crippen LogP contribution in [0.2, 0.25) is 0 Å². The molecule has 0 unspecified atom stereocenters. The number of aryl methyl sites for hydroxylation is 1. The Kier molecular flexibility index (Phi) is 2.59. The number of fused-ring (bicyclic) bond motifs is 1. The molecule has 1 heterocycles. The maximum Gasteiger partial charge on any atom is 0.135 e. The van der Waals surface area contributed by atoms with Crippen LogP contribution in [0.15, 0.2) is 23.2 Å². The number of benzene rings is 1. The van der Waals surface area contributed by atoms with E-state index in [4.69, 9.17) is 0 Å². The Morgan fingerprint density at radius 3 is 3.07 bits per heavy atom. The lowest BCUT2D eigenvalue weighted by Crippen LogP contribution is -1.78. The molecular formula is C11H12N2S. The molecule has 2 rings (SSSR count). The van der Waals surface area contributed by atoms with Gasteiger partial charge in [-0.1, -0.05) is 13.0 Å². The summed E-state index contributed by atoms with van der Waals surface area (Å²) in [7, 11) is 1.77. The highest BCUT2D eigenvalue weighted by Crippen LogP contribution is 2.22. The molecule has 3 heteroatoms. The first-order valence-corrected chi connectivity index (χ1v) is 5.46. The van der Waals surface area contributed by atoms with E-state index in [9.17, 15) is 0 Å². The predicted octanol–water partition coefficient (Wildman–Crippen LogP) is 2.91. The van der Waals surface area contributed by atoms with E-state index in [-0.39, 0.29) is 0 Å². The molecule has 0 atom stereocenters. The third kappa shape index (κ3) is 1.68. The Hall–Kier alpha value is -1.22. The molecule has 0 fully saturated rings. The summed E-state index contributed by atoms with van der Waals surface area (Å²) in [5.41, 5.74) is 2.43. The van der Waals surface area contributed by atoms with Crippen molar-refractivity contribution in [3.8, 4) is 0 Å². The fourth-order valence-electron chi connectivity index (χ4n) is 1.37. The molecule has 0 aliphatic carbocycles. The molecule has 0 aliphatic rings. The number of aliphatic imine (C=N–C) groups is 1. The van der Waals surface area contributed by atoms with Crippen LogP contribution in [0.1, 0.15) is 17.5 Å². The number of nitrogens with zero attached hydrogens (tertiary/aromatic N) is 2. The summed E-state index contributed by atoms with van der Waals surface area (Å²) in [6.45, 7) is 2.16. The summed E-state index contributed by atoms with van der Waals surface area (Å²) < 4.78 is 1.25. The third-order valence-electron chi connectivity index (χ3n) is 2.12. The van der Waals surface area contributed by atoms with Gasteiger partial charge >= 0.3 is 0 Å². The zero-order valence-electron chi connectivity index (χ0n) is 8.32. The Morgan fingerprint density at radius 1 is 1.50 bits per heavy atom. The van der Waals surface area contributed by atoms with Crippen molar-refractivity contribution in [2.24, 2.45) is 4.99 Å². The van der Waals surface area contributed by atoms with Crippen LogP contribution in [0.4, 0.5) is 0 Å². The molecule has 0 N–H and O–H groups in total. The minimum absolute atomic E-state index is 0.982. The third-order valence-corrected chi connectivity index (χ3v) is 3.07. The van der Waals surface area contributed by atoms with E-state index in [0.29, 0.717) is 0 Å². The molecule has 0 radical (unpaired) electrons. The molecule has 14 heavy (non-hydrogen) atoms. The van der Waals surface area contributed by atoms with Crippen LogP contribution >= 0.6 is 11.3 Å². The van der Waals surface area contributed by atoms with Gasteiger partial charge in [-0.3, -0.25) is 4.99 Å². The monoisotopic (exact) mass is 204 g/mol. The molecule has 2 aromatic rings. The van der Waals surface area contributed by atoms with Crippen molar-refractivity contribution >= 4 is 27.8 Å². The number of aromatic nitrogens is 1. The lowest BCUT2D eigenvalue weighted by atomic mass is 10.2. The molecule has 0 amide bonds. The summed E-state index contributed by atoms with van der Waals surface area (Å²) in [5.74, 6) is 0. The van der Waals surface area contributed by atoms with Gasteiger partial charge < -0.3 is 0 Å². The Bertz CT molecular complexity index is 471. The normalized spacial score (nSPS) is 11.6. The summed E-state index contributed by atoms with van der Waals surface area (Å²) >= 11 is 1.69. The summed E-state index contributed by atoms with van der Waals surface area (Å²) in [5, 5.41) is 0.982. The van der Waals surface area contributed by atoms with Crippen molar-refractivity contribution in [3.05, 3.63) is 28.8 Å². The number of rotatable bonds is 2. The lowest BCUT2D eigenvalue weighted by molar-refractivity contribution is 1.15. The van der Waals surface area contributed by atoms with Crippen molar-refractivity contribution < 1.29 is 0 Å². The molecule has 72 valence electrons. The van der Waals surface area contributed by atoms with Crippen molar-refractivity contribution in [3.63, 3.8) is 0 Å². The average molecular weight is 204 g/mol. The van der Waals surface area contributed by atoms with E-state index >= 15 is 0 Å². The highest BCUT2D eigenvalue weighted by Gasteiger charge is 2.01.